The molecule has 1 aromatic heterocycles. The molecule has 0 bridgehead atoms. The molecule has 0 saturated heterocycles. The quantitative estimate of drug-likeness (QED) is 0.375. The van der Waals surface area contributed by atoms with Crippen LogP contribution in [-0.2, 0) is 11.8 Å². The van der Waals surface area contributed by atoms with Gasteiger partial charge in [-0.25, -0.2) is 4.98 Å². The zero-order valence-electron chi connectivity index (χ0n) is 14.3. The molecule has 0 radical (unpaired) electrons. The average molecular weight is 403 g/mol. The van der Waals surface area contributed by atoms with Crippen LogP contribution in [0.5, 0.6) is 0 Å². The number of rotatable bonds is 6. The van der Waals surface area contributed by atoms with Gasteiger partial charge in [0, 0.05) is 18.1 Å². The standard InChI is InChI=1S/C18H15ClN4O3S/c1-22-16(12-5-3-2-4-6-12)10-20-18(22)27-11-17(24)21-14-8-7-13(19)9-15(14)23(25)26/h2-10H,11H2,1H3,(H,21,24). The van der Waals surface area contributed by atoms with E-state index < -0.39 is 4.92 Å². The molecule has 0 aliphatic carbocycles. The van der Waals surface area contributed by atoms with E-state index >= 15 is 0 Å². The van der Waals surface area contributed by atoms with Gasteiger partial charge >= 0.3 is 0 Å². The lowest BCUT2D eigenvalue weighted by molar-refractivity contribution is -0.383. The lowest BCUT2D eigenvalue weighted by Gasteiger charge is -2.07. The molecular weight excluding hydrogens is 388 g/mol. The molecule has 0 atom stereocenters. The zero-order valence-corrected chi connectivity index (χ0v) is 15.8. The molecule has 9 heteroatoms. The van der Waals surface area contributed by atoms with Crippen molar-refractivity contribution in [1.29, 1.82) is 0 Å². The van der Waals surface area contributed by atoms with Crippen molar-refractivity contribution in [2.45, 2.75) is 5.16 Å². The van der Waals surface area contributed by atoms with Gasteiger partial charge < -0.3 is 9.88 Å². The summed E-state index contributed by atoms with van der Waals surface area (Å²) in [6.45, 7) is 0. The summed E-state index contributed by atoms with van der Waals surface area (Å²) in [6.07, 6.45) is 1.75. The third-order valence-corrected chi connectivity index (χ3v) is 5.06. The second-order valence-electron chi connectivity index (χ2n) is 5.61. The first-order chi connectivity index (χ1) is 13.0. The van der Waals surface area contributed by atoms with Crippen LogP contribution in [0.25, 0.3) is 11.3 Å². The molecule has 0 aliphatic rings. The Kier molecular flexibility index (Phi) is 5.78. The van der Waals surface area contributed by atoms with Gasteiger partial charge in [-0.15, -0.1) is 0 Å². The van der Waals surface area contributed by atoms with E-state index in [2.05, 4.69) is 10.3 Å². The van der Waals surface area contributed by atoms with E-state index in [1.54, 1.807) is 6.20 Å². The molecule has 0 fully saturated rings. The number of nitro benzene ring substituents is 1. The molecule has 138 valence electrons. The smallest absolute Gasteiger partial charge is 0.294 e. The van der Waals surface area contributed by atoms with Gasteiger partial charge in [0.2, 0.25) is 5.91 Å². The number of thioether (sulfide) groups is 1. The number of imidazole rings is 1. The molecule has 0 saturated carbocycles. The van der Waals surface area contributed by atoms with Gasteiger partial charge in [0.1, 0.15) is 5.69 Å². The molecule has 0 aliphatic heterocycles. The summed E-state index contributed by atoms with van der Waals surface area (Å²) in [7, 11) is 1.87. The van der Waals surface area contributed by atoms with Gasteiger partial charge in [0.05, 0.1) is 22.6 Å². The summed E-state index contributed by atoms with van der Waals surface area (Å²) >= 11 is 7.03. The molecule has 3 rings (SSSR count). The topological polar surface area (TPSA) is 90.1 Å². The first-order valence-corrected chi connectivity index (χ1v) is 9.26. The van der Waals surface area contributed by atoms with Crippen LogP contribution in [0.4, 0.5) is 11.4 Å². The van der Waals surface area contributed by atoms with Crippen molar-refractivity contribution in [3.05, 3.63) is 69.9 Å². The van der Waals surface area contributed by atoms with Crippen LogP contribution in [0.2, 0.25) is 5.02 Å². The third kappa shape index (κ3) is 4.47. The summed E-state index contributed by atoms with van der Waals surface area (Å²) in [5, 5.41) is 14.6. The summed E-state index contributed by atoms with van der Waals surface area (Å²) < 4.78 is 1.90. The number of hydrogen-bond acceptors (Lipinski definition) is 5. The summed E-state index contributed by atoms with van der Waals surface area (Å²) in [5.41, 5.74) is 1.83. The van der Waals surface area contributed by atoms with E-state index in [0.717, 1.165) is 11.3 Å². The Hall–Kier alpha value is -2.84. The van der Waals surface area contributed by atoms with Gasteiger partial charge in [0.15, 0.2) is 5.16 Å². The zero-order chi connectivity index (χ0) is 19.4. The number of benzene rings is 2. The highest BCUT2D eigenvalue weighted by Gasteiger charge is 2.17. The van der Waals surface area contributed by atoms with E-state index in [4.69, 9.17) is 11.6 Å². The van der Waals surface area contributed by atoms with Crippen molar-refractivity contribution in [3.8, 4) is 11.3 Å². The second kappa shape index (κ2) is 8.24. The molecule has 0 spiro atoms. The Morgan fingerprint density at radius 3 is 2.74 bits per heavy atom. The number of anilines is 1. The fraction of sp³-hybridized carbons (Fsp3) is 0.111. The minimum absolute atomic E-state index is 0.0683. The first-order valence-electron chi connectivity index (χ1n) is 7.89. The maximum absolute atomic E-state index is 12.2. The third-order valence-electron chi connectivity index (χ3n) is 3.78. The maximum atomic E-state index is 12.2. The fourth-order valence-electron chi connectivity index (χ4n) is 2.48. The molecule has 1 amide bonds. The lowest BCUT2D eigenvalue weighted by Crippen LogP contribution is -2.15. The minimum Gasteiger partial charge on any atom is -0.322 e. The van der Waals surface area contributed by atoms with E-state index in [1.807, 2.05) is 41.9 Å². The van der Waals surface area contributed by atoms with E-state index in [1.165, 1.54) is 30.0 Å². The first kappa shape index (κ1) is 18.9. The Labute approximate surface area is 164 Å². The molecule has 3 aromatic rings. The number of halogens is 1. The maximum Gasteiger partial charge on any atom is 0.294 e. The lowest BCUT2D eigenvalue weighted by atomic mass is 10.2. The molecule has 1 N–H and O–H groups in total. The minimum atomic E-state index is -0.584. The predicted octanol–water partition coefficient (Wildman–Crippen LogP) is 4.38. The number of carbonyl (C=O) groups is 1. The van der Waals surface area contributed by atoms with Crippen molar-refractivity contribution in [1.82, 2.24) is 9.55 Å². The van der Waals surface area contributed by atoms with Crippen LogP contribution in [0.15, 0.2) is 59.9 Å². The monoisotopic (exact) mass is 402 g/mol. The predicted molar refractivity (Wildman–Crippen MR) is 106 cm³/mol. The highest BCUT2D eigenvalue weighted by atomic mass is 35.5. The van der Waals surface area contributed by atoms with Crippen molar-refractivity contribution in [2.75, 3.05) is 11.1 Å². The van der Waals surface area contributed by atoms with E-state index in [-0.39, 0.29) is 28.1 Å². The van der Waals surface area contributed by atoms with Crippen LogP contribution in [0, 0.1) is 10.1 Å². The number of nitrogens with one attached hydrogen (secondary N) is 1. The number of amides is 1. The number of nitrogens with zero attached hydrogens (tertiary/aromatic N) is 3. The van der Waals surface area contributed by atoms with E-state index in [0.29, 0.717) is 5.16 Å². The molecule has 2 aromatic carbocycles. The van der Waals surface area contributed by atoms with Crippen LogP contribution in [-0.4, -0.2) is 26.1 Å². The van der Waals surface area contributed by atoms with Crippen LogP contribution in [0.3, 0.4) is 0 Å². The Morgan fingerprint density at radius 2 is 2.04 bits per heavy atom. The van der Waals surface area contributed by atoms with Gasteiger partial charge in [-0.3, -0.25) is 14.9 Å². The number of nitro groups is 1. The van der Waals surface area contributed by atoms with Crippen molar-refractivity contribution < 1.29 is 9.72 Å². The average Bonchev–Trinajstić information content (AvgIpc) is 3.02. The summed E-state index contributed by atoms with van der Waals surface area (Å²) in [6, 6.07) is 13.9. The molecule has 7 nitrogen and oxygen atoms in total. The summed E-state index contributed by atoms with van der Waals surface area (Å²) in [4.78, 5) is 27.1. The van der Waals surface area contributed by atoms with Crippen LogP contribution < -0.4 is 5.32 Å². The Morgan fingerprint density at radius 1 is 1.30 bits per heavy atom. The number of carbonyl (C=O) groups excluding carboxylic acids is 1. The SMILES string of the molecule is Cn1c(-c2ccccc2)cnc1SCC(=O)Nc1ccc(Cl)cc1[N+](=O)[O-]. The Balaban J connectivity index is 1.67. The van der Waals surface area contributed by atoms with Crippen molar-refractivity contribution >= 4 is 40.6 Å². The van der Waals surface area contributed by atoms with Gasteiger partial charge in [0.25, 0.3) is 5.69 Å². The van der Waals surface area contributed by atoms with Crippen molar-refractivity contribution in [2.24, 2.45) is 7.05 Å². The van der Waals surface area contributed by atoms with Crippen LogP contribution >= 0.6 is 23.4 Å². The second-order valence-corrected chi connectivity index (χ2v) is 6.99. The molecular formula is C18H15ClN4O3S. The highest BCUT2D eigenvalue weighted by molar-refractivity contribution is 7.99. The Bertz CT molecular complexity index is 992. The van der Waals surface area contributed by atoms with Gasteiger partial charge in [-0.05, 0) is 17.7 Å². The van der Waals surface area contributed by atoms with Crippen LogP contribution in [0.1, 0.15) is 0 Å². The molecule has 1 heterocycles. The largest absolute Gasteiger partial charge is 0.322 e. The fourth-order valence-corrected chi connectivity index (χ4v) is 3.40. The normalized spacial score (nSPS) is 10.6. The number of aromatic nitrogens is 2. The highest BCUT2D eigenvalue weighted by Crippen LogP contribution is 2.28. The van der Waals surface area contributed by atoms with Gasteiger partial charge in [-0.2, -0.15) is 0 Å². The molecule has 0 unspecified atom stereocenters. The van der Waals surface area contributed by atoms with Crippen molar-refractivity contribution in [3.63, 3.8) is 0 Å². The number of hydrogen-bond donors (Lipinski definition) is 1. The summed E-state index contributed by atoms with van der Waals surface area (Å²) in [5.74, 6) is -0.298. The van der Waals surface area contributed by atoms with E-state index in [9.17, 15) is 14.9 Å². The van der Waals surface area contributed by atoms with Gasteiger partial charge in [-0.1, -0.05) is 53.7 Å². The molecule has 27 heavy (non-hydrogen) atoms.